The number of nitrogens with zero attached hydrogens (tertiary/aromatic N) is 2. The normalized spacial score (nSPS) is 14.6. The number of amides is 2. The van der Waals surface area contributed by atoms with Crippen LogP contribution in [0.25, 0.3) is 0 Å². The summed E-state index contributed by atoms with van der Waals surface area (Å²) in [4.78, 5) is 29.5. The van der Waals surface area contributed by atoms with Crippen LogP contribution in [0.1, 0.15) is 62.1 Å². The molecule has 0 radical (unpaired) electrons. The Bertz CT molecular complexity index is 1540. The lowest BCUT2D eigenvalue weighted by molar-refractivity contribution is -0.140. The Hall–Kier alpha value is -3.07. The van der Waals surface area contributed by atoms with Gasteiger partial charge in [0.2, 0.25) is 11.8 Å². The van der Waals surface area contributed by atoms with Gasteiger partial charge in [0.05, 0.1) is 20.6 Å². The van der Waals surface area contributed by atoms with Gasteiger partial charge in [-0.15, -0.1) is 0 Å². The molecule has 230 valence electrons. The monoisotopic (exact) mass is 643 g/mol. The Labute approximate surface area is 265 Å². The van der Waals surface area contributed by atoms with Crippen LogP contribution in [0.3, 0.4) is 0 Å². The number of benzene rings is 3. The minimum Gasteiger partial charge on any atom is -0.352 e. The Balaban J connectivity index is 1.73. The van der Waals surface area contributed by atoms with E-state index in [1.54, 1.807) is 48.5 Å². The Kier molecular flexibility index (Phi) is 11.2. The molecule has 1 fully saturated rings. The van der Waals surface area contributed by atoms with Crippen molar-refractivity contribution in [3.8, 4) is 0 Å². The van der Waals surface area contributed by atoms with Gasteiger partial charge < -0.3 is 10.2 Å². The average Bonchev–Trinajstić information content (AvgIpc) is 3.00. The lowest BCUT2D eigenvalue weighted by Gasteiger charge is -2.34. The van der Waals surface area contributed by atoms with Gasteiger partial charge in [-0.2, -0.15) is 0 Å². The first-order chi connectivity index (χ1) is 20.5. The van der Waals surface area contributed by atoms with E-state index < -0.39 is 28.5 Å². The van der Waals surface area contributed by atoms with Crippen molar-refractivity contribution < 1.29 is 18.0 Å². The largest absolute Gasteiger partial charge is 0.352 e. The van der Waals surface area contributed by atoms with Crippen molar-refractivity contribution in [1.29, 1.82) is 0 Å². The average molecular weight is 645 g/mol. The number of aryl methyl sites for hydroxylation is 2. The molecule has 0 aromatic heterocycles. The van der Waals surface area contributed by atoms with E-state index in [0.29, 0.717) is 27.7 Å². The van der Waals surface area contributed by atoms with Gasteiger partial charge in [0, 0.05) is 12.6 Å². The topological polar surface area (TPSA) is 86.8 Å². The van der Waals surface area contributed by atoms with Gasteiger partial charge in [-0.05, 0) is 86.2 Å². The van der Waals surface area contributed by atoms with Gasteiger partial charge in [0.25, 0.3) is 10.0 Å². The number of carbonyl (C=O) groups is 2. The SMILES string of the molecule is CC[C@H](C(=O)NC1CCCCC1)N(Cc1ccc(Cl)c(Cl)c1)C(=O)CN(c1ccc(C)c(C)c1)S(=O)(=O)c1ccccc1. The zero-order chi connectivity index (χ0) is 31.1. The summed E-state index contributed by atoms with van der Waals surface area (Å²) >= 11 is 12.4. The van der Waals surface area contributed by atoms with Crippen molar-refractivity contribution in [2.45, 2.75) is 82.8 Å². The van der Waals surface area contributed by atoms with E-state index >= 15 is 0 Å². The second kappa shape index (κ2) is 14.6. The van der Waals surface area contributed by atoms with Crippen molar-refractivity contribution in [1.82, 2.24) is 10.2 Å². The molecule has 2 amide bonds. The Morgan fingerprint density at radius 3 is 2.23 bits per heavy atom. The molecule has 0 bridgehead atoms. The summed E-state index contributed by atoms with van der Waals surface area (Å²) in [5, 5.41) is 3.86. The second-order valence-electron chi connectivity index (χ2n) is 11.1. The van der Waals surface area contributed by atoms with E-state index in [1.807, 2.05) is 26.8 Å². The van der Waals surface area contributed by atoms with Crippen LogP contribution in [0.4, 0.5) is 5.69 Å². The van der Waals surface area contributed by atoms with E-state index in [0.717, 1.165) is 47.5 Å². The van der Waals surface area contributed by atoms with Crippen molar-refractivity contribution in [2.24, 2.45) is 0 Å². The third kappa shape index (κ3) is 8.11. The number of rotatable bonds is 11. The van der Waals surface area contributed by atoms with Crippen molar-refractivity contribution in [2.75, 3.05) is 10.8 Å². The van der Waals surface area contributed by atoms with Crippen LogP contribution in [0, 0.1) is 13.8 Å². The molecule has 7 nitrogen and oxygen atoms in total. The standard InChI is InChI=1S/C33H39Cl2N3O4S/c1-4-31(33(40)36-26-11-7-5-8-12-26)37(21-25-16-18-29(34)30(35)20-25)32(39)22-38(27-17-15-23(2)24(3)19-27)43(41,42)28-13-9-6-10-14-28/h6,9-10,13-20,26,31H,4-5,7-8,11-12,21-22H2,1-3H3,(H,36,40)/t31-/m1/s1. The lowest BCUT2D eigenvalue weighted by Crippen LogP contribution is -2.54. The number of sulfonamides is 1. The molecule has 1 aliphatic rings. The number of nitrogens with one attached hydrogen (secondary N) is 1. The predicted molar refractivity (Wildman–Crippen MR) is 173 cm³/mol. The molecule has 0 spiro atoms. The summed E-state index contributed by atoms with van der Waals surface area (Å²) in [5.74, 6) is -0.749. The quantitative estimate of drug-likeness (QED) is 0.242. The highest BCUT2D eigenvalue weighted by Crippen LogP contribution is 2.28. The first kappa shape index (κ1) is 32.8. The Morgan fingerprint density at radius 1 is 0.907 bits per heavy atom. The molecule has 1 atom stereocenters. The highest BCUT2D eigenvalue weighted by molar-refractivity contribution is 7.92. The van der Waals surface area contributed by atoms with Gasteiger partial charge in [-0.25, -0.2) is 8.42 Å². The maximum Gasteiger partial charge on any atom is 0.264 e. The molecule has 10 heteroatoms. The molecule has 0 saturated heterocycles. The van der Waals surface area contributed by atoms with E-state index in [9.17, 15) is 18.0 Å². The van der Waals surface area contributed by atoms with Gasteiger partial charge in [0.1, 0.15) is 12.6 Å². The van der Waals surface area contributed by atoms with Gasteiger partial charge in [-0.1, -0.05) is 79.7 Å². The molecular weight excluding hydrogens is 605 g/mol. The first-order valence-corrected chi connectivity index (χ1v) is 16.9. The molecule has 0 aliphatic heterocycles. The summed E-state index contributed by atoms with van der Waals surface area (Å²) in [7, 11) is -4.13. The number of anilines is 1. The molecule has 43 heavy (non-hydrogen) atoms. The van der Waals surface area contributed by atoms with Crippen molar-refractivity contribution in [3.63, 3.8) is 0 Å². The first-order valence-electron chi connectivity index (χ1n) is 14.7. The number of hydrogen-bond acceptors (Lipinski definition) is 4. The summed E-state index contributed by atoms with van der Waals surface area (Å²) < 4.78 is 29.1. The fraction of sp³-hybridized carbons (Fsp3) is 0.394. The lowest BCUT2D eigenvalue weighted by atomic mass is 9.95. The summed E-state index contributed by atoms with van der Waals surface area (Å²) in [6.45, 7) is 5.25. The van der Waals surface area contributed by atoms with Gasteiger partial charge >= 0.3 is 0 Å². The number of hydrogen-bond donors (Lipinski definition) is 1. The zero-order valence-electron chi connectivity index (χ0n) is 24.9. The summed E-state index contributed by atoms with van der Waals surface area (Å²) in [5.41, 5.74) is 2.94. The van der Waals surface area contributed by atoms with E-state index in [1.165, 1.54) is 17.0 Å². The number of carbonyl (C=O) groups excluding carboxylic acids is 2. The molecule has 1 saturated carbocycles. The molecule has 3 aromatic carbocycles. The molecule has 0 heterocycles. The van der Waals surface area contributed by atoms with Gasteiger partial charge in [0.15, 0.2) is 0 Å². The summed E-state index contributed by atoms with van der Waals surface area (Å²) in [6.07, 6.45) is 5.40. The van der Waals surface area contributed by atoms with Crippen LogP contribution < -0.4 is 9.62 Å². The molecule has 3 aromatic rings. The van der Waals surface area contributed by atoms with E-state index in [2.05, 4.69) is 5.32 Å². The number of halogens is 2. The second-order valence-corrected chi connectivity index (χ2v) is 13.8. The molecule has 1 N–H and O–H groups in total. The maximum absolute atomic E-state index is 14.3. The van der Waals surface area contributed by atoms with Crippen LogP contribution in [-0.4, -0.2) is 43.8 Å². The zero-order valence-corrected chi connectivity index (χ0v) is 27.2. The van der Waals surface area contributed by atoms with Crippen LogP contribution in [0.5, 0.6) is 0 Å². The fourth-order valence-corrected chi connectivity index (χ4v) is 7.18. The third-order valence-corrected chi connectivity index (χ3v) is 10.6. The van der Waals surface area contributed by atoms with Crippen molar-refractivity contribution in [3.05, 3.63) is 93.5 Å². The maximum atomic E-state index is 14.3. The van der Waals surface area contributed by atoms with E-state index in [4.69, 9.17) is 23.2 Å². The third-order valence-electron chi connectivity index (χ3n) is 8.06. The van der Waals surface area contributed by atoms with Gasteiger partial charge in [-0.3, -0.25) is 13.9 Å². The van der Waals surface area contributed by atoms with Crippen LogP contribution in [0.2, 0.25) is 10.0 Å². The highest BCUT2D eigenvalue weighted by Gasteiger charge is 2.34. The minimum atomic E-state index is -4.13. The minimum absolute atomic E-state index is 0.0540. The summed E-state index contributed by atoms with van der Waals surface area (Å²) in [6, 6.07) is 17.6. The van der Waals surface area contributed by atoms with Crippen LogP contribution in [0.15, 0.2) is 71.6 Å². The molecule has 0 unspecified atom stereocenters. The highest BCUT2D eigenvalue weighted by atomic mass is 35.5. The predicted octanol–water partition coefficient (Wildman–Crippen LogP) is 7.06. The fourth-order valence-electron chi connectivity index (χ4n) is 5.43. The van der Waals surface area contributed by atoms with Crippen LogP contribution >= 0.6 is 23.2 Å². The molecule has 1 aliphatic carbocycles. The molecule has 4 rings (SSSR count). The van der Waals surface area contributed by atoms with Crippen molar-refractivity contribution >= 4 is 50.7 Å². The smallest absolute Gasteiger partial charge is 0.264 e. The van der Waals surface area contributed by atoms with Crippen LogP contribution in [-0.2, 0) is 26.2 Å². The molecular formula is C33H39Cl2N3O4S. The van der Waals surface area contributed by atoms with E-state index in [-0.39, 0.29) is 23.4 Å². The Morgan fingerprint density at radius 2 is 1.60 bits per heavy atom.